The lowest BCUT2D eigenvalue weighted by molar-refractivity contribution is 0.0963. The van der Waals surface area contributed by atoms with E-state index >= 15 is 0 Å². The van der Waals surface area contributed by atoms with Crippen LogP contribution in [0.1, 0.15) is 23.2 Å². The Hall–Kier alpha value is -1.66. The van der Waals surface area contributed by atoms with Crippen molar-refractivity contribution < 1.29 is 9.90 Å². The number of carbonyl (C=O) groups is 1. The largest absolute Gasteiger partial charge is 0.396 e. The molecule has 126 valence electrons. The summed E-state index contributed by atoms with van der Waals surface area (Å²) in [6.45, 7) is 5.17. The van der Waals surface area contributed by atoms with Gasteiger partial charge in [-0.05, 0) is 44.0 Å². The van der Waals surface area contributed by atoms with E-state index in [1.165, 1.54) is 25.9 Å². The summed E-state index contributed by atoms with van der Waals surface area (Å²) in [5.74, 6) is 1.29. The number of nitrogens with one attached hydrogen (secondary N) is 1. The number of amides is 1. The van der Waals surface area contributed by atoms with Crippen LogP contribution in [-0.2, 0) is 0 Å². The summed E-state index contributed by atoms with van der Waals surface area (Å²) in [6.07, 6.45) is 4.28. The van der Waals surface area contributed by atoms with Crippen LogP contribution in [0.4, 0.5) is 5.82 Å². The Morgan fingerprint density at radius 3 is 2.78 bits per heavy atom. The third kappa shape index (κ3) is 3.48. The minimum Gasteiger partial charge on any atom is -0.396 e. The number of pyridine rings is 1. The Labute approximate surface area is 137 Å². The van der Waals surface area contributed by atoms with Gasteiger partial charge in [-0.1, -0.05) is 0 Å². The van der Waals surface area contributed by atoms with E-state index in [1.54, 1.807) is 19.3 Å². The van der Waals surface area contributed by atoms with Crippen LogP contribution in [0.3, 0.4) is 0 Å². The Kier molecular flexibility index (Phi) is 5.13. The molecule has 1 aromatic heterocycles. The number of anilines is 1. The molecule has 2 N–H and O–H groups in total. The van der Waals surface area contributed by atoms with Crippen LogP contribution in [0.15, 0.2) is 18.3 Å². The Morgan fingerprint density at radius 2 is 2.09 bits per heavy atom. The highest BCUT2D eigenvalue weighted by atomic mass is 16.3. The molecule has 0 radical (unpaired) electrons. The van der Waals surface area contributed by atoms with Crippen LogP contribution < -0.4 is 10.2 Å². The van der Waals surface area contributed by atoms with Crippen molar-refractivity contribution in [3.63, 3.8) is 0 Å². The Morgan fingerprint density at radius 1 is 1.35 bits per heavy atom. The van der Waals surface area contributed by atoms with Crippen molar-refractivity contribution >= 4 is 11.7 Å². The van der Waals surface area contributed by atoms with E-state index in [9.17, 15) is 9.90 Å². The summed E-state index contributed by atoms with van der Waals surface area (Å²) in [7, 11) is 1.63. The van der Waals surface area contributed by atoms with Gasteiger partial charge in [0.2, 0.25) is 0 Å². The number of rotatable bonds is 5. The van der Waals surface area contributed by atoms with E-state index in [0.29, 0.717) is 11.5 Å². The number of aliphatic hydroxyl groups is 1. The number of likely N-dealkylation sites (tertiary alicyclic amines) is 1. The molecule has 3 heterocycles. The molecule has 0 aliphatic carbocycles. The molecule has 6 nitrogen and oxygen atoms in total. The van der Waals surface area contributed by atoms with Gasteiger partial charge in [-0.2, -0.15) is 0 Å². The predicted octanol–water partition coefficient (Wildman–Crippen LogP) is 0.582. The second-order valence-corrected chi connectivity index (χ2v) is 6.57. The smallest absolute Gasteiger partial charge is 0.254 e. The molecule has 2 saturated heterocycles. The SMILES string of the molecule is CNC(=O)c1cccnc1N1C[C@@H](CN2CCCC2)[C@@H](CO)C1. The van der Waals surface area contributed by atoms with Gasteiger partial charge in [0.05, 0.1) is 5.56 Å². The lowest BCUT2D eigenvalue weighted by Crippen LogP contribution is -2.32. The van der Waals surface area contributed by atoms with Crippen molar-refractivity contribution in [2.45, 2.75) is 12.8 Å². The van der Waals surface area contributed by atoms with E-state index in [-0.39, 0.29) is 18.4 Å². The lowest BCUT2D eigenvalue weighted by Gasteiger charge is -2.23. The molecule has 3 rings (SSSR count). The number of aliphatic hydroxyl groups excluding tert-OH is 1. The average Bonchev–Trinajstić information content (AvgIpc) is 3.24. The fourth-order valence-corrected chi connectivity index (χ4v) is 3.78. The van der Waals surface area contributed by atoms with Gasteiger partial charge in [0.15, 0.2) is 0 Å². The number of carbonyl (C=O) groups excluding carboxylic acids is 1. The summed E-state index contributed by atoms with van der Waals surface area (Å²) in [5, 5.41) is 12.4. The molecule has 6 heteroatoms. The lowest BCUT2D eigenvalue weighted by atomic mass is 9.96. The molecule has 2 fully saturated rings. The Bertz CT molecular complexity index is 545. The van der Waals surface area contributed by atoms with Crippen LogP contribution in [0.5, 0.6) is 0 Å². The van der Waals surface area contributed by atoms with Gasteiger partial charge in [0.25, 0.3) is 5.91 Å². The van der Waals surface area contributed by atoms with Gasteiger partial charge in [0.1, 0.15) is 5.82 Å². The zero-order chi connectivity index (χ0) is 16.2. The zero-order valence-electron chi connectivity index (χ0n) is 13.7. The van der Waals surface area contributed by atoms with Crippen molar-refractivity contribution in [1.29, 1.82) is 0 Å². The van der Waals surface area contributed by atoms with Crippen LogP contribution in [0.2, 0.25) is 0 Å². The first-order valence-electron chi connectivity index (χ1n) is 8.48. The van der Waals surface area contributed by atoms with E-state index in [2.05, 4.69) is 20.1 Å². The summed E-state index contributed by atoms with van der Waals surface area (Å²) in [4.78, 5) is 21.2. The highest BCUT2D eigenvalue weighted by molar-refractivity contribution is 5.98. The number of aromatic nitrogens is 1. The minimum atomic E-state index is -0.114. The number of nitrogens with zero attached hydrogens (tertiary/aromatic N) is 3. The fraction of sp³-hybridized carbons (Fsp3) is 0.647. The van der Waals surface area contributed by atoms with Gasteiger partial charge < -0.3 is 20.2 Å². The molecule has 0 saturated carbocycles. The molecule has 2 aliphatic heterocycles. The monoisotopic (exact) mass is 318 g/mol. The highest BCUT2D eigenvalue weighted by Crippen LogP contribution is 2.30. The van der Waals surface area contributed by atoms with Gasteiger partial charge in [-0.3, -0.25) is 4.79 Å². The zero-order valence-corrected chi connectivity index (χ0v) is 13.7. The van der Waals surface area contributed by atoms with Gasteiger partial charge in [-0.15, -0.1) is 0 Å². The van der Waals surface area contributed by atoms with Crippen molar-refractivity contribution in [2.75, 3.05) is 51.3 Å². The maximum absolute atomic E-state index is 12.1. The maximum atomic E-state index is 12.1. The maximum Gasteiger partial charge on any atom is 0.254 e. The summed E-state index contributed by atoms with van der Waals surface area (Å²) in [5.41, 5.74) is 0.605. The summed E-state index contributed by atoms with van der Waals surface area (Å²) < 4.78 is 0. The average molecular weight is 318 g/mol. The molecule has 0 spiro atoms. The molecule has 1 aromatic rings. The normalized spacial score (nSPS) is 25.0. The summed E-state index contributed by atoms with van der Waals surface area (Å²) >= 11 is 0. The fourth-order valence-electron chi connectivity index (χ4n) is 3.78. The van der Waals surface area contributed by atoms with Crippen molar-refractivity contribution in [2.24, 2.45) is 11.8 Å². The van der Waals surface area contributed by atoms with Crippen LogP contribution >= 0.6 is 0 Å². The number of hydrogen-bond acceptors (Lipinski definition) is 5. The molecular formula is C17H26N4O2. The van der Waals surface area contributed by atoms with E-state index < -0.39 is 0 Å². The summed E-state index contributed by atoms with van der Waals surface area (Å²) in [6, 6.07) is 3.60. The third-order valence-corrected chi connectivity index (χ3v) is 5.06. The topological polar surface area (TPSA) is 68.7 Å². The molecule has 2 aliphatic rings. The minimum absolute atomic E-state index is 0.114. The molecule has 1 amide bonds. The van der Waals surface area contributed by atoms with Gasteiger partial charge in [-0.25, -0.2) is 4.98 Å². The van der Waals surface area contributed by atoms with Crippen LogP contribution in [0, 0.1) is 11.8 Å². The molecule has 0 unspecified atom stereocenters. The first kappa shape index (κ1) is 16.2. The van der Waals surface area contributed by atoms with Gasteiger partial charge >= 0.3 is 0 Å². The second-order valence-electron chi connectivity index (χ2n) is 6.57. The van der Waals surface area contributed by atoms with E-state index in [0.717, 1.165) is 25.5 Å². The molecule has 2 atom stereocenters. The predicted molar refractivity (Wildman–Crippen MR) is 89.6 cm³/mol. The second kappa shape index (κ2) is 7.27. The first-order valence-corrected chi connectivity index (χ1v) is 8.48. The van der Waals surface area contributed by atoms with E-state index in [1.807, 2.05) is 6.07 Å². The van der Waals surface area contributed by atoms with Gasteiger partial charge in [0, 0.05) is 45.4 Å². The van der Waals surface area contributed by atoms with E-state index in [4.69, 9.17) is 0 Å². The van der Waals surface area contributed by atoms with Crippen LogP contribution in [0.25, 0.3) is 0 Å². The first-order chi connectivity index (χ1) is 11.2. The number of hydrogen-bond donors (Lipinski definition) is 2. The third-order valence-electron chi connectivity index (χ3n) is 5.06. The quantitative estimate of drug-likeness (QED) is 0.831. The molecular weight excluding hydrogens is 292 g/mol. The molecule has 0 bridgehead atoms. The Balaban J connectivity index is 1.75. The van der Waals surface area contributed by atoms with Crippen molar-refractivity contribution in [3.8, 4) is 0 Å². The van der Waals surface area contributed by atoms with Crippen LogP contribution in [-0.4, -0.2) is 67.3 Å². The van der Waals surface area contributed by atoms with Crippen molar-refractivity contribution in [3.05, 3.63) is 23.9 Å². The molecule has 23 heavy (non-hydrogen) atoms. The highest BCUT2D eigenvalue weighted by Gasteiger charge is 2.35. The standard InChI is InChI=1S/C17H26N4O2/c1-18-17(23)15-5-4-6-19-16(15)21-10-13(14(11-21)12-22)9-20-7-2-3-8-20/h4-6,13-14,22H,2-3,7-12H2,1H3,(H,18,23)/t13-,14-/m1/s1. The van der Waals surface area contributed by atoms with Crippen molar-refractivity contribution in [1.82, 2.24) is 15.2 Å². The molecule has 0 aromatic carbocycles.